The largest absolute Gasteiger partial charge is 0.480 e. The van der Waals surface area contributed by atoms with E-state index in [0.717, 1.165) is 0 Å². The van der Waals surface area contributed by atoms with Gasteiger partial charge in [-0.15, -0.1) is 0 Å². The Morgan fingerprint density at radius 2 is 1.63 bits per heavy atom. The molecule has 27 heavy (non-hydrogen) atoms. The maximum Gasteiger partial charge on any atom is 0.326 e. The predicted octanol–water partition coefficient (Wildman–Crippen LogP) is -2.66. The molecule has 0 radical (unpaired) electrons. The topological polar surface area (TPSA) is 194 Å². The summed E-state index contributed by atoms with van der Waals surface area (Å²) in [6.07, 6.45) is -0.277. The molecular formula is C15H27N5O6S. The average molecular weight is 405 g/mol. The number of carboxylic acids is 1. The van der Waals surface area contributed by atoms with E-state index in [2.05, 4.69) is 28.6 Å². The highest BCUT2D eigenvalue weighted by molar-refractivity contribution is 7.80. The lowest BCUT2D eigenvalue weighted by atomic mass is 10.0. The summed E-state index contributed by atoms with van der Waals surface area (Å²) in [6, 6.07) is -3.41. The summed E-state index contributed by atoms with van der Waals surface area (Å²) in [6.45, 7) is 3.07. The van der Waals surface area contributed by atoms with Gasteiger partial charge in [0.2, 0.25) is 23.6 Å². The lowest BCUT2D eigenvalue weighted by molar-refractivity contribution is -0.142. The molecule has 0 aliphatic heterocycles. The number of nitrogens with two attached hydrogens (primary N) is 2. The fraction of sp³-hybridized carbons (Fsp3) is 0.667. The quantitative estimate of drug-likeness (QED) is 0.172. The molecular weight excluding hydrogens is 378 g/mol. The molecule has 0 bridgehead atoms. The first kappa shape index (κ1) is 24.7. The Balaban J connectivity index is 4.78. The van der Waals surface area contributed by atoms with Crippen molar-refractivity contribution in [2.45, 2.75) is 44.8 Å². The van der Waals surface area contributed by atoms with Crippen LogP contribution in [0.15, 0.2) is 0 Å². The zero-order chi connectivity index (χ0) is 21.1. The van der Waals surface area contributed by atoms with Crippen molar-refractivity contribution in [3.8, 4) is 0 Å². The molecule has 0 heterocycles. The molecule has 0 aliphatic rings. The SMILES string of the molecule is CC(C)CC(NC(=O)CNC(=O)C(CC(N)=O)NC(=O)C(N)CS)C(=O)O. The first-order chi connectivity index (χ1) is 12.5. The first-order valence-corrected chi connectivity index (χ1v) is 8.86. The van der Waals surface area contributed by atoms with E-state index < -0.39 is 60.7 Å². The first-order valence-electron chi connectivity index (χ1n) is 8.22. The molecule has 154 valence electrons. The molecule has 3 unspecified atom stereocenters. The summed E-state index contributed by atoms with van der Waals surface area (Å²) in [7, 11) is 0. The highest BCUT2D eigenvalue weighted by Crippen LogP contribution is 2.04. The fourth-order valence-electron chi connectivity index (χ4n) is 2.00. The Morgan fingerprint density at radius 3 is 2.07 bits per heavy atom. The van der Waals surface area contributed by atoms with Crippen LogP contribution in [0.2, 0.25) is 0 Å². The van der Waals surface area contributed by atoms with Crippen molar-refractivity contribution in [2.75, 3.05) is 12.3 Å². The Labute approximate surface area is 162 Å². The van der Waals surface area contributed by atoms with Crippen LogP contribution in [-0.2, 0) is 24.0 Å². The van der Waals surface area contributed by atoms with Gasteiger partial charge < -0.3 is 32.5 Å². The molecule has 11 nitrogen and oxygen atoms in total. The number of thiol groups is 1. The van der Waals surface area contributed by atoms with Gasteiger partial charge in [-0.2, -0.15) is 12.6 Å². The average Bonchev–Trinajstić information content (AvgIpc) is 2.56. The molecule has 3 atom stereocenters. The van der Waals surface area contributed by atoms with E-state index in [-0.39, 0.29) is 18.1 Å². The summed E-state index contributed by atoms with van der Waals surface area (Å²) in [4.78, 5) is 58.0. The predicted molar refractivity (Wildman–Crippen MR) is 99.6 cm³/mol. The minimum atomic E-state index is -1.32. The minimum Gasteiger partial charge on any atom is -0.480 e. The van der Waals surface area contributed by atoms with Crippen LogP contribution in [0.3, 0.4) is 0 Å². The summed E-state index contributed by atoms with van der Waals surface area (Å²) in [5, 5.41) is 15.9. The van der Waals surface area contributed by atoms with Gasteiger partial charge in [-0.05, 0) is 12.3 Å². The number of carbonyl (C=O) groups is 5. The third kappa shape index (κ3) is 10.4. The van der Waals surface area contributed by atoms with Crippen LogP contribution in [-0.4, -0.2) is 65.1 Å². The van der Waals surface area contributed by atoms with E-state index >= 15 is 0 Å². The van der Waals surface area contributed by atoms with Crippen LogP contribution >= 0.6 is 12.6 Å². The molecule has 4 amide bonds. The van der Waals surface area contributed by atoms with Crippen molar-refractivity contribution in [2.24, 2.45) is 17.4 Å². The second-order valence-electron chi connectivity index (χ2n) is 6.33. The van der Waals surface area contributed by atoms with E-state index in [0.29, 0.717) is 0 Å². The zero-order valence-electron chi connectivity index (χ0n) is 15.2. The van der Waals surface area contributed by atoms with Gasteiger partial charge >= 0.3 is 5.97 Å². The van der Waals surface area contributed by atoms with Crippen LogP contribution in [0.5, 0.6) is 0 Å². The maximum atomic E-state index is 12.1. The normalized spacial score (nSPS) is 14.0. The number of carbonyl (C=O) groups excluding carboxylic acids is 4. The number of nitrogens with one attached hydrogen (secondary N) is 3. The molecule has 0 aromatic heterocycles. The van der Waals surface area contributed by atoms with Crippen molar-refractivity contribution < 1.29 is 29.1 Å². The van der Waals surface area contributed by atoms with Crippen molar-refractivity contribution in [3.63, 3.8) is 0 Å². The summed E-state index contributed by atoms with van der Waals surface area (Å²) >= 11 is 3.86. The maximum absolute atomic E-state index is 12.1. The molecule has 0 aromatic rings. The molecule has 0 aromatic carbocycles. The molecule has 0 aliphatic carbocycles. The van der Waals surface area contributed by atoms with E-state index in [9.17, 15) is 24.0 Å². The number of hydrogen-bond acceptors (Lipinski definition) is 7. The van der Waals surface area contributed by atoms with Crippen LogP contribution in [0.1, 0.15) is 26.7 Å². The van der Waals surface area contributed by atoms with Gasteiger partial charge in [-0.25, -0.2) is 4.79 Å². The van der Waals surface area contributed by atoms with Crippen LogP contribution in [0, 0.1) is 5.92 Å². The Bertz CT molecular complexity index is 571. The number of primary amides is 1. The summed E-state index contributed by atoms with van der Waals surface area (Å²) in [5.74, 6) is -4.26. The van der Waals surface area contributed by atoms with Gasteiger partial charge in [-0.1, -0.05) is 13.8 Å². The lowest BCUT2D eigenvalue weighted by Crippen LogP contribution is -2.54. The van der Waals surface area contributed by atoms with E-state index in [1.54, 1.807) is 13.8 Å². The van der Waals surface area contributed by atoms with Crippen molar-refractivity contribution in [3.05, 3.63) is 0 Å². The van der Waals surface area contributed by atoms with Crippen LogP contribution in [0.4, 0.5) is 0 Å². The minimum absolute atomic E-state index is 0.0194. The second-order valence-corrected chi connectivity index (χ2v) is 6.69. The molecule has 0 fully saturated rings. The summed E-state index contributed by atoms with van der Waals surface area (Å²) < 4.78 is 0. The highest BCUT2D eigenvalue weighted by atomic mass is 32.1. The summed E-state index contributed by atoms with van der Waals surface area (Å²) in [5.41, 5.74) is 10.5. The zero-order valence-corrected chi connectivity index (χ0v) is 16.1. The van der Waals surface area contributed by atoms with Gasteiger partial charge in [-0.3, -0.25) is 19.2 Å². The highest BCUT2D eigenvalue weighted by Gasteiger charge is 2.26. The van der Waals surface area contributed by atoms with Gasteiger partial charge in [0.15, 0.2) is 0 Å². The fourth-order valence-corrected chi connectivity index (χ4v) is 2.17. The smallest absolute Gasteiger partial charge is 0.326 e. The number of aliphatic carboxylic acids is 1. The number of carboxylic acid groups (broad SMARTS) is 1. The molecule has 12 heteroatoms. The van der Waals surface area contributed by atoms with Crippen LogP contribution < -0.4 is 27.4 Å². The van der Waals surface area contributed by atoms with Gasteiger partial charge in [0.05, 0.1) is 19.0 Å². The molecule has 8 N–H and O–H groups in total. The molecule has 0 saturated heterocycles. The van der Waals surface area contributed by atoms with E-state index in [4.69, 9.17) is 16.6 Å². The Morgan fingerprint density at radius 1 is 1.04 bits per heavy atom. The van der Waals surface area contributed by atoms with Crippen molar-refractivity contribution in [1.29, 1.82) is 0 Å². The third-order valence-electron chi connectivity index (χ3n) is 3.34. The van der Waals surface area contributed by atoms with Gasteiger partial charge in [0, 0.05) is 5.75 Å². The number of hydrogen-bond donors (Lipinski definition) is 7. The number of rotatable bonds is 12. The van der Waals surface area contributed by atoms with E-state index in [1.807, 2.05) is 0 Å². The van der Waals surface area contributed by atoms with Crippen LogP contribution in [0.25, 0.3) is 0 Å². The van der Waals surface area contributed by atoms with Crippen molar-refractivity contribution >= 4 is 42.2 Å². The standard InChI is InChI=1S/C15H27N5O6S/c1-7(2)3-10(15(25)26)19-12(22)5-18-14(24)9(4-11(17)21)20-13(23)8(16)6-27/h7-10,27H,3-6,16H2,1-2H3,(H2,17,21)(H,18,24)(H,19,22)(H,20,23)(H,25,26). The second kappa shape index (κ2) is 12.1. The molecule has 0 spiro atoms. The van der Waals surface area contributed by atoms with Crippen molar-refractivity contribution in [1.82, 2.24) is 16.0 Å². The lowest BCUT2D eigenvalue weighted by Gasteiger charge is -2.20. The molecule has 0 rings (SSSR count). The third-order valence-corrected chi connectivity index (χ3v) is 3.73. The number of amides is 4. The van der Waals surface area contributed by atoms with Gasteiger partial charge in [0.25, 0.3) is 0 Å². The van der Waals surface area contributed by atoms with E-state index in [1.165, 1.54) is 0 Å². The Hall–Kier alpha value is -2.34. The van der Waals surface area contributed by atoms with Gasteiger partial charge in [0.1, 0.15) is 12.1 Å². The monoisotopic (exact) mass is 405 g/mol. The molecule has 0 saturated carbocycles. The Kier molecular flexibility index (Phi) is 11.1.